The van der Waals surface area contributed by atoms with Gasteiger partial charge in [0.15, 0.2) is 0 Å². The molecule has 94 valence electrons. The van der Waals surface area contributed by atoms with Gasteiger partial charge in [0.2, 0.25) is 0 Å². The first-order valence-corrected chi connectivity index (χ1v) is 6.84. The lowest BCUT2D eigenvalue weighted by molar-refractivity contribution is 0.224. The first-order valence-electron chi connectivity index (χ1n) is 6.84. The molecule has 2 nitrogen and oxygen atoms in total. The number of nitrogens with two attached hydrogens (primary N) is 1. The Morgan fingerprint density at radius 1 is 1.35 bits per heavy atom. The van der Waals surface area contributed by atoms with E-state index in [2.05, 4.69) is 42.2 Å². The Hall–Kier alpha value is -0.860. The van der Waals surface area contributed by atoms with Crippen LogP contribution in [0.5, 0.6) is 0 Å². The van der Waals surface area contributed by atoms with Crippen LogP contribution in [0, 0.1) is 0 Å². The molecule has 2 N–H and O–H groups in total. The Morgan fingerprint density at radius 2 is 2.12 bits per heavy atom. The topological polar surface area (TPSA) is 29.3 Å². The summed E-state index contributed by atoms with van der Waals surface area (Å²) in [5, 5.41) is 0. The molecule has 1 aromatic rings. The third kappa shape index (κ3) is 3.08. The molecule has 0 aromatic heterocycles. The SMILES string of the molecule is CCC(CCN)N1CCC(c2ccccc2)C1. The van der Waals surface area contributed by atoms with Crippen LogP contribution >= 0.6 is 0 Å². The molecule has 0 saturated carbocycles. The Labute approximate surface area is 105 Å². The predicted octanol–water partition coefficient (Wildman–Crippen LogP) is 2.60. The first kappa shape index (κ1) is 12.6. The summed E-state index contributed by atoms with van der Waals surface area (Å²) in [7, 11) is 0. The molecule has 1 fully saturated rings. The van der Waals surface area contributed by atoms with E-state index in [1.165, 1.54) is 31.5 Å². The number of hydrogen-bond acceptors (Lipinski definition) is 2. The molecule has 1 heterocycles. The summed E-state index contributed by atoms with van der Waals surface area (Å²) in [4.78, 5) is 2.63. The van der Waals surface area contributed by atoms with Crippen LogP contribution in [0.15, 0.2) is 30.3 Å². The van der Waals surface area contributed by atoms with Gasteiger partial charge < -0.3 is 5.73 Å². The van der Waals surface area contributed by atoms with Crippen molar-refractivity contribution < 1.29 is 0 Å². The van der Waals surface area contributed by atoms with Gasteiger partial charge in [-0.1, -0.05) is 37.3 Å². The molecule has 0 radical (unpaired) electrons. The molecule has 1 saturated heterocycles. The summed E-state index contributed by atoms with van der Waals surface area (Å²) in [5.74, 6) is 0.725. The normalized spacial score (nSPS) is 22.8. The molecule has 2 atom stereocenters. The van der Waals surface area contributed by atoms with Crippen molar-refractivity contribution in [3.05, 3.63) is 35.9 Å². The number of nitrogens with zero attached hydrogens (tertiary/aromatic N) is 1. The van der Waals surface area contributed by atoms with Crippen molar-refractivity contribution >= 4 is 0 Å². The van der Waals surface area contributed by atoms with Crippen molar-refractivity contribution in [2.45, 2.75) is 38.1 Å². The Balaban J connectivity index is 1.95. The van der Waals surface area contributed by atoms with Crippen molar-refractivity contribution in [1.82, 2.24) is 4.90 Å². The van der Waals surface area contributed by atoms with Crippen molar-refractivity contribution in [3.8, 4) is 0 Å². The van der Waals surface area contributed by atoms with E-state index in [1.54, 1.807) is 0 Å². The summed E-state index contributed by atoms with van der Waals surface area (Å²) in [6.45, 7) is 5.53. The second-order valence-corrected chi connectivity index (χ2v) is 5.03. The molecule has 0 bridgehead atoms. The lowest BCUT2D eigenvalue weighted by Crippen LogP contribution is -2.34. The van der Waals surface area contributed by atoms with Crippen molar-refractivity contribution in [1.29, 1.82) is 0 Å². The molecule has 0 aliphatic carbocycles. The second kappa shape index (κ2) is 6.18. The van der Waals surface area contributed by atoms with Crippen LogP contribution < -0.4 is 5.73 Å². The average molecular weight is 232 g/mol. The standard InChI is InChI=1S/C15H24N2/c1-2-15(8-10-16)17-11-9-14(12-17)13-6-4-3-5-7-13/h3-7,14-15H,2,8-12,16H2,1H3. The van der Waals surface area contributed by atoms with Gasteiger partial charge in [-0.15, -0.1) is 0 Å². The van der Waals surface area contributed by atoms with Crippen molar-refractivity contribution in [2.75, 3.05) is 19.6 Å². The maximum atomic E-state index is 5.69. The molecule has 2 rings (SSSR count). The van der Waals surface area contributed by atoms with E-state index in [1.807, 2.05) is 0 Å². The Bertz CT molecular complexity index is 323. The third-order valence-electron chi connectivity index (χ3n) is 3.98. The number of likely N-dealkylation sites (tertiary alicyclic amines) is 1. The van der Waals surface area contributed by atoms with Crippen LogP contribution in [-0.4, -0.2) is 30.6 Å². The van der Waals surface area contributed by atoms with Crippen LogP contribution in [0.1, 0.15) is 37.7 Å². The van der Waals surface area contributed by atoms with E-state index in [-0.39, 0.29) is 0 Å². The van der Waals surface area contributed by atoms with E-state index in [9.17, 15) is 0 Å². The number of hydrogen-bond donors (Lipinski definition) is 1. The minimum atomic E-state index is 0.689. The first-order chi connectivity index (χ1) is 8.35. The fourth-order valence-corrected chi connectivity index (χ4v) is 2.95. The monoisotopic (exact) mass is 232 g/mol. The molecule has 2 unspecified atom stereocenters. The van der Waals surface area contributed by atoms with Crippen LogP contribution in [0.25, 0.3) is 0 Å². The van der Waals surface area contributed by atoms with Gasteiger partial charge in [0, 0.05) is 12.6 Å². The molecule has 17 heavy (non-hydrogen) atoms. The maximum absolute atomic E-state index is 5.69. The van der Waals surface area contributed by atoms with E-state index in [4.69, 9.17) is 5.73 Å². The van der Waals surface area contributed by atoms with Gasteiger partial charge in [0.05, 0.1) is 0 Å². The smallest absolute Gasteiger partial charge is 0.0105 e. The summed E-state index contributed by atoms with van der Waals surface area (Å²) in [6.07, 6.45) is 3.65. The Kier molecular flexibility index (Phi) is 4.57. The summed E-state index contributed by atoms with van der Waals surface area (Å²) in [5.41, 5.74) is 7.19. The van der Waals surface area contributed by atoms with E-state index >= 15 is 0 Å². The molecule has 0 spiro atoms. The fourth-order valence-electron chi connectivity index (χ4n) is 2.95. The van der Waals surface area contributed by atoms with Gasteiger partial charge in [-0.3, -0.25) is 4.90 Å². The van der Waals surface area contributed by atoms with E-state index in [0.29, 0.717) is 6.04 Å². The molecular formula is C15H24N2. The molecule has 1 aromatic carbocycles. The molecule has 1 aliphatic rings. The summed E-state index contributed by atoms with van der Waals surface area (Å²) >= 11 is 0. The molecule has 2 heteroatoms. The molecule has 0 amide bonds. The fraction of sp³-hybridized carbons (Fsp3) is 0.600. The number of rotatable bonds is 5. The average Bonchev–Trinajstić information content (AvgIpc) is 2.86. The zero-order valence-electron chi connectivity index (χ0n) is 10.8. The lowest BCUT2D eigenvalue weighted by Gasteiger charge is -2.26. The minimum absolute atomic E-state index is 0.689. The highest BCUT2D eigenvalue weighted by Crippen LogP contribution is 2.29. The largest absolute Gasteiger partial charge is 0.330 e. The lowest BCUT2D eigenvalue weighted by atomic mass is 9.99. The van der Waals surface area contributed by atoms with Crippen LogP contribution in [0.2, 0.25) is 0 Å². The van der Waals surface area contributed by atoms with Gasteiger partial charge >= 0.3 is 0 Å². The van der Waals surface area contributed by atoms with Gasteiger partial charge in [0.25, 0.3) is 0 Å². The second-order valence-electron chi connectivity index (χ2n) is 5.03. The maximum Gasteiger partial charge on any atom is 0.0105 e. The minimum Gasteiger partial charge on any atom is -0.330 e. The van der Waals surface area contributed by atoms with Crippen molar-refractivity contribution in [3.63, 3.8) is 0 Å². The third-order valence-corrected chi connectivity index (χ3v) is 3.98. The van der Waals surface area contributed by atoms with Crippen LogP contribution in [0.4, 0.5) is 0 Å². The Morgan fingerprint density at radius 3 is 2.76 bits per heavy atom. The summed E-state index contributed by atoms with van der Waals surface area (Å²) < 4.78 is 0. The van der Waals surface area contributed by atoms with Gasteiger partial charge in [-0.25, -0.2) is 0 Å². The zero-order valence-corrected chi connectivity index (χ0v) is 10.8. The van der Waals surface area contributed by atoms with Crippen molar-refractivity contribution in [2.24, 2.45) is 5.73 Å². The van der Waals surface area contributed by atoms with Gasteiger partial charge in [-0.2, -0.15) is 0 Å². The van der Waals surface area contributed by atoms with Crippen LogP contribution in [-0.2, 0) is 0 Å². The molecular weight excluding hydrogens is 208 g/mol. The highest BCUT2D eigenvalue weighted by molar-refractivity contribution is 5.21. The zero-order chi connectivity index (χ0) is 12.1. The van der Waals surface area contributed by atoms with E-state index < -0.39 is 0 Å². The van der Waals surface area contributed by atoms with Gasteiger partial charge in [0.1, 0.15) is 0 Å². The van der Waals surface area contributed by atoms with E-state index in [0.717, 1.165) is 18.9 Å². The highest BCUT2D eigenvalue weighted by atomic mass is 15.2. The van der Waals surface area contributed by atoms with Gasteiger partial charge in [-0.05, 0) is 43.8 Å². The summed E-state index contributed by atoms with van der Waals surface area (Å²) in [6, 6.07) is 11.6. The highest BCUT2D eigenvalue weighted by Gasteiger charge is 2.27. The predicted molar refractivity (Wildman–Crippen MR) is 73.1 cm³/mol. The quantitative estimate of drug-likeness (QED) is 0.845. The number of benzene rings is 1. The molecule has 1 aliphatic heterocycles. The van der Waals surface area contributed by atoms with Crippen LogP contribution in [0.3, 0.4) is 0 Å².